The highest BCUT2D eigenvalue weighted by atomic mass is 35.5. The smallest absolute Gasteiger partial charge is 0.244 e. The van der Waals surface area contributed by atoms with Crippen molar-refractivity contribution in [1.82, 2.24) is 10.2 Å². The molecule has 0 radical (unpaired) electrons. The Balaban J connectivity index is 2.52. The van der Waals surface area contributed by atoms with Gasteiger partial charge in [-0.15, -0.1) is 0 Å². The molecule has 36 heavy (non-hydrogen) atoms. The maximum atomic E-state index is 13.7. The molecule has 0 saturated heterocycles. The summed E-state index contributed by atoms with van der Waals surface area (Å²) >= 11 is 18.2. The van der Waals surface area contributed by atoms with Gasteiger partial charge in [-0.05, 0) is 63.1 Å². The van der Waals surface area contributed by atoms with Crippen LogP contribution in [0.4, 0.5) is 10.1 Å². The van der Waals surface area contributed by atoms with Crippen LogP contribution in [0.1, 0.15) is 39.7 Å². The molecule has 2 amide bonds. The van der Waals surface area contributed by atoms with Gasteiger partial charge in [0.15, 0.2) is 0 Å². The molecule has 2 aromatic carbocycles. The van der Waals surface area contributed by atoms with Crippen LogP contribution in [0.3, 0.4) is 0 Å². The van der Waals surface area contributed by atoms with E-state index in [-0.39, 0.29) is 28.7 Å². The Morgan fingerprint density at radius 2 is 1.69 bits per heavy atom. The van der Waals surface area contributed by atoms with Gasteiger partial charge < -0.3 is 10.2 Å². The third kappa shape index (κ3) is 8.23. The fourth-order valence-electron chi connectivity index (χ4n) is 3.46. The first-order valence-electron chi connectivity index (χ1n) is 11.0. The number of nitrogens with zero attached hydrogens (tertiary/aromatic N) is 2. The molecule has 0 saturated carbocycles. The summed E-state index contributed by atoms with van der Waals surface area (Å²) in [6.07, 6.45) is 1.17. The highest BCUT2D eigenvalue weighted by Crippen LogP contribution is 2.27. The van der Waals surface area contributed by atoms with Gasteiger partial charge in [-0.3, -0.25) is 13.9 Å². The average Bonchev–Trinajstić information content (AvgIpc) is 2.73. The SMILES string of the molecule is CC[C@@H](C(=O)NC(C)(C)C)N(Cc1ccc(Cl)cc1Cl)C(=O)CN(c1ccc(F)c(Cl)c1)S(C)(=O)=O. The Bertz CT molecular complexity index is 1240. The molecule has 198 valence electrons. The quantitative estimate of drug-likeness (QED) is 0.438. The molecule has 0 aliphatic carbocycles. The van der Waals surface area contributed by atoms with Gasteiger partial charge in [0.05, 0.1) is 17.0 Å². The standard InChI is InChI=1S/C24H29Cl3FN3O4S/c1-6-21(23(33)29-24(2,3)4)30(13-15-7-8-16(25)11-18(15)26)22(32)14-31(36(5,34)35)17-9-10-20(28)19(27)12-17/h7-12,21H,6,13-14H2,1-5H3,(H,29,33)/t21-/m0/s1. The van der Waals surface area contributed by atoms with E-state index in [2.05, 4.69) is 5.32 Å². The summed E-state index contributed by atoms with van der Waals surface area (Å²) in [6.45, 7) is 6.44. The van der Waals surface area contributed by atoms with E-state index in [0.29, 0.717) is 10.6 Å². The zero-order valence-electron chi connectivity index (χ0n) is 20.6. The molecule has 12 heteroatoms. The summed E-state index contributed by atoms with van der Waals surface area (Å²) in [7, 11) is -3.98. The summed E-state index contributed by atoms with van der Waals surface area (Å²) in [6, 6.07) is 7.16. The molecule has 2 rings (SSSR count). The molecule has 1 N–H and O–H groups in total. The molecular formula is C24H29Cl3FN3O4S. The largest absolute Gasteiger partial charge is 0.350 e. The van der Waals surface area contributed by atoms with Crippen molar-refractivity contribution in [2.45, 2.75) is 52.2 Å². The third-order valence-corrected chi connectivity index (χ3v) is 7.13. The van der Waals surface area contributed by atoms with Crippen LogP contribution >= 0.6 is 34.8 Å². The minimum atomic E-state index is -3.98. The molecule has 0 bridgehead atoms. The molecule has 0 spiro atoms. The number of anilines is 1. The second kappa shape index (κ2) is 12.0. The van der Waals surface area contributed by atoms with Gasteiger partial charge in [0.2, 0.25) is 21.8 Å². The van der Waals surface area contributed by atoms with E-state index < -0.39 is 45.8 Å². The van der Waals surface area contributed by atoms with Crippen LogP contribution in [0.25, 0.3) is 0 Å². The highest BCUT2D eigenvalue weighted by Gasteiger charge is 2.33. The summed E-state index contributed by atoms with van der Waals surface area (Å²) in [5.74, 6) is -1.80. The molecule has 1 atom stereocenters. The first kappa shape index (κ1) is 30.2. The normalized spacial score (nSPS) is 12.7. The van der Waals surface area contributed by atoms with Gasteiger partial charge in [0.25, 0.3) is 0 Å². The summed E-state index contributed by atoms with van der Waals surface area (Å²) in [5.41, 5.74) is -0.0399. The Hall–Kier alpha value is -2.07. The van der Waals surface area contributed by atoms with Gasteiger partial charge in [-0.1, -0.05) is 47.8 Å². The number of carbonyl (C=O) groups is 2. The van der Waals surface area contributed by atoms with E-state index in [1.807, 2.05) is 20.8 Å². The predicted octanol–water partition coefficient (Wildman–Crippen LogP) is 5.27. The van der Waals surface area contributed by atoms with Crippen molar-refractivity contribution in [3.8, 4) is 0 Å². The van der Waals surface area contributed by atoms with Crippen LogP contribution in [-0.2, 0) is 26.2 Å². The van der Waals surface area contributed by atoms with Gasteiger partial charge in [0.1, 0.15) is 18.4 Å². The zero-order valence-corrected chi connectivity index (χ0v) is 23.7. The number of nitrogens with one attached hydrogen (secondary N) is 1. The second-order valence-corrected chi connectivity index (χ2v) is 12.4. The Labute approximate surface area is 226 Å². The second-order valence-electron chi connectivity index (χ2n) is 9.29. The molecule has 2 aromatic rings. The van der Waals surface area contributed by atoms with Crippen LogP contribution in [0, 0.1) is 5.82 Å². The van der Waals surface area contributed by atoms with E-state index >= 15 is 0 Å². The van der Waals surface area contributed by atoms with Crippen LogP contribution in [0.15, 0.2) is 36.4 Å². The number of carbonyl (C=O) groups excluding carboxylic acids is 2. The molecule has 0 aliphatic rings. The van der Waals surface area contributed by atoms with Crippen molar-refractivity contribution in [1.29, 1.82) is 0 Å². The van der Waals surface area contributed by atoms with Crippen molar-refractivity contribution in [2.75, 3.05) is 17.1 Å². The fourth-order valence-corrected chi connectivity index (χ4v) is 4.94. The molecular weight excluding hydrogens is 552 g/mol. The van der Waals surface area contributed by atoms with E-state index in [0.717, 1.165) is 22.7 Å². The lowest BCUT2D eigenvalue weighted by atomic mass is 10.1. The van der Waals surface area contributed by atoms with Crippen LogP contribution in [0.2, 0.25) is 15.1 Å². The summed E-state index contributed by atoms with van der Waals surface area (Å²) < 4.78 is 39.7. The third-order valence-electron chi connectivity index (χ3n) is 5.11. The number of sulfonamides is 1. The van der Waals surface area contributed by atoms with Crippen molar-refractivity contribution < 1.29 is 22.4 Å². The van der Waals surface area contributed by atoms with Crippen LogP contribution in [0.5, 0.6) is 0 Å². The number of hydrogen-bond donors (Lipinski definition) is 1. The molecule has 0 unspecified atom stereocenters. The van der Waals surface area contributed by atoms with E-state index in [4.69, 9.17) is 34.8 Å². The number of hydrogen-bond acceptors (Lipinski definition) is 4. The van der Waals surface area contributed by atoms with Crippen molar-refractivity contribution in [2.24, 2.45) is 0 Å². The minimum Gasteiger partial charge on any atom is -0.350 e. The number of rotatable bonds is 9. The lowest BCUT2D eigenvalue weighted by molar-refractivity contribution is -0.141. The minimum absolute atomic E-state index is 0.00826. The lowest BCUT2D eigenvalue weighted by Gasteiger charge is -2.34. The highest BCUT2D eigenvalue weighted by molar-refractivity contribution is 7.92. The first-order chi connectivity index (χ1) is 16.5. The topological polar surface area (TPSA) is 86.8 Å². The summed E-state index contributed by atoms with van der Waals surface area (Å²) in [5, 5.41) is 3.26. The van der Waals surface area contributed by atoms with E-state index in [1.165, 1.54) is 17.0 Å². The first-order valence-corrected chi connectivity index (χ1v) is 14.0. The zero-order chi connectivity index (χ0) is 27.4. The number of benzene rings is 2. The lowest BCUT2D eigenvalue weighted by Crippen LogP contribution is -2.55. The van der Waals surface area contributed by atoms with Crippen LogP contribution < -0.4 is 9.62 Å². The van der Waals surface area contributed by atoms with E-state index in [9.17, 15) is 22.4 Å². The van der Waals surface area contributed by atoms with Gasteiger partial charge in [0, 0.05) is 22.1 Å². The maximum Gasteiger partial charge on any atom is 0.244 e. The van der Waals surface area contributed by atoms with Gasteiger partial charge in [-0.25, -0.2) is 12.8 Å². The summed E-state index contributed by atoms with van der Waals surface area (Å²) in [4.78, 5) is 28.1. The van der Waals surface area contributed by atoms with Crippen molar-refractivity contribution in [3.05, 3.63) is 62.8 Å². The van der Waals surface area contributed by atoms with Gasteiger partial charge in [-0.2, -0.15) is 0 Å². The monoisotopic (exact) mass is 579 g/mol. The average molecular weight is 581 g/mol. The molecule has 0 heterocycles. The maximum absolute atomic E-state index is 13.7. The van der Waals surface area contributed by atoms with Crippen molar-refractivity contribution in [3.63, 3.8) is 0 Å². The molecule has 0 aliphatic heterocycles. The van der Waals surface area contributed by atoms with Gasteiger partial charge >= 0.3 is 0 Å². The Kier molecular flexibility index (Phi) is 10.0. The predicted molar refractivity (Wildman–Crippen MR) is 143 cm³/mol. The van der Waals surface area contributed by atoms with Crippen molar-refractivity contribution >= 4 is 62.3 Å². The molecule has 0 fully saturated rings. The van der Waals surface area contributed by atoms with Crippen LogP contribution in [-0.4, -0.2) is 49.5 Å². The fraction of sp³-hybridized carbons (Fsp3) is 0.417. The Morgan fingerprint density at radius 3 is 2.19 bits per heavy atom. The number of amides is 2. The van der Waals surface area contributed by atoms with E-state index in [1.54, 1.807) is 19.1 Å². The number of halogens is 4. The molecule has 0 aromatic heterocycles. The molecule has 7 nitrogen and oxygen atoms in total. The Morgan fingerprint density at radius 1 is 1.06 bits per heavy atom.